The van der Waals surface area contributed by atoms with Crippen LogP contribution < -0.4 is 5.73 Å². The van der Waals surface area contributed by atoms with E-state index in [4.69, 9.17) is 5.73 Å². The molecule has 0 bridgehead atoms. The summed E-state index contributed by atoms with van der Waals surface area (Å²) in [6, 6.07) is 0. The zero-order chi connectivity index (χ0) is 16.7. The molecule has 1 heteroatoms. The lowest BCUT2D eigenvalue weighted by Gasteiger charge is -1.99. The molecule has 2 N–H and O–H groups in total. The van der Waals surface area contributed by atoms with Crippen LogP contribution in [0.25, 0.3) is 0 Å². The van der Waals surface area contributed by atoms with Gasteiger partial charge in [-0.2, -0.15) is 0 Å². The molecule has 0 aliphatic carbocycles. The molecule has 0 radical (unpaired) electrons. The van der Waals surface area contributed by atoms with Gasteiger partial charge in [-0.15, -0.1) is 0 Å². The summed E-state index contributed by atoms with van der Waals surface area (Å²) in [6.07, 6.45) is 23.9. The first-order valence-corrected chi connectivity index (χ1v) is 10.5. The first-order valence-electron chi connectivity index (χ1n) is 10.5. The fourth-order valence-electron chi connectivity index (χ4n) is 2.66. The summed E-state index contributed by atoms with van der Waals surface area (Å²) < 4.78 is 0. The molecule has 136 valence electrons. The minimum atomic E-state index is 0.870. The van der Waals surface area contributed by atoms with Gasteiger partial charge in [0, 0.05) is 0 Å². The minimum absolute atomic E-state index is 0.870. The standard InChI is InChI=1S/C11H24.C10H23N/c1-3-5-7-9-11-10-8-6-4-2;1-2-3-4-5-6-7-8-9-10-11/h3-11H2,1-2H3;2-11H2,1H3. The quantitative estimate of drug-likeness (QED) is 0.291. The van der Waals surface area contributed by atoms with Gasteiger partial charge >= 0.3 is 0 Å². The molecule has 0 aromatic carbocycles. The normalized spacial score (nSPS) is 10.4. The van der Waals surface area contributed by atoms with Crippen LogP contribution in [0.3, 0.4) is 0 Å². The average Bonchev–Trinajstić information content (AvgIpc) is 2.54. The van der Waals surface area contributed by atoms with Gasteiger partial charge in [-0.05, 0) is 13.0 Å². The third-order valence-corrected chi connectivity index (χ3v) is 4.26. The van der Waals surface area contributed by atoms with E-state index < -0.39 is 0 Å². The molecule has 0 aromatic rings. The molecule has 0 saturated heterocycles. The van der Waals surface area contributed by atoms with Crippen LogP contribution in [0.5, 0.6) is 0 Å². The second kappa shape index (κ2) is 25.9. The van der Waals surface area contributed by atoms with E-state index in [1.54, 1.807) is 0 Å². The lowest BCUT2D eigenvalue weighted by molar-refractivity contribution is 0.572. The fourth-order valence-corrected chi connectivity index (χ4v) is 2.66. The van der Waals surface area contributed by atoms with Crippen LogP contribution in [0.2, 0.25) is 0 Å². The zero-order valence-corrected chi connectivity index (χ0v) is 16.3. The Hall–Kier alpha value is -0.0400. The van der Waals surface area contributed by atoms with Crippen molar-refractivity contribution >= 4 is 0 Å². The predicted molar refractivity (Wildman–Crippen MR) is 105 cm³/mol. The topological polar surface area (TPSA) is 26.0 Å². The van der Waals surface area contributed by atoms with Crippen LogP contribution in [0.15, 0.2) is 0 Å². The number of unbranched alkanes of at least 4 members (excludes halogenated alkanes) is 15. The molecular formula is C21H47N. The van der Waals surface area contributed by atoms with Gasteiger partial charge in [-0.3, -0.25) is 0 Å². The van der Waals surface area contributed by atoms with Gasteiger partial charge < -0.3 is 5.73 Å². The zero-order valence-electron chi connectivity index (χ0n) is 16.3. The third-order valence-electron chi connectivity index (χ3n) is 4.26. The fraction of sp³-hybridized carbons (Fsp3) is 1.00. The van der Waals surface area contributed by atoms with E-state index in [-0.39, 0.29) is 0 Å². The van der Waals surface area contributed by atoms with Gasteiger partial charge in [0.2, 0.25) is 0 Å². The van der Waals surface area contributed by atoms with Crippen LogP contribution in [0.4, 0.5) is 0 Å². The van der Waals surface area contributed by atoms with Crippen molar-refractivity contribution in [3.05, 3.63) is 0 Å². The van der Waals surface area contributed by atoms with Crippen molar-refractivity contribution in [1.29, 1.82) is 0 Å². The Labute approximate surface area is 142 Å². The van der Waals surface area contributed by atoms with Crippen LogP contribution in [0.1, 0.15) is 130 Å². The highest BCUT2D eigenvalue weighted by atomic mass is 14.5. The molecule has 0 aromatic heterocycles. The highest BCUT2D eigenvalue weighted by Crippen LogP contribution is 2.09. The second-order valence-electron chi connectivity index (χ2n) is 6.74. The van der Waals surface area contributed by atoms with Crippen molar-refractivity contribution in [2.75, 3.05) is 6.54 Å². The predicted octanol–water partition coefficient (Wildman–Crippen LogP) is 7.62. The molecule has 0 aliphatic heterocycles. The van der Waals surface area contributed by atoms with Gasteiger partial charge in [-0.25, -0.2) is 0 Å². The monoisotopic (exact) mass is 313 g/mol. The molecule has 0 rings (SSSR count). The van der Waals surface area contributed by atoms with Crippen molar-refractivity contribution in [3.8, 4) is 0 Å². The average molecular weight is 314 g/mol. The Kier molecular flexibility index (Phi) is 28.5. The molecular weight excluding hydrogens is 266 g/mol. The summed E-state index contributed by atoms with van der Waals surface area (Å²) in [5.41, 5.74) is 5.39. The molecule has 0 amide bonds. The first kappa shape index (κ1) is 24.2. The Morgan fingerprint density at radius 2 is 0.591 bits per heavy atom. The molecule has 0 spiro atoms. The van der Waals surface area contributed by atoms with Crippen molar-refractivity contribution in [1.82, 2.24) is 0 Å². The molecule has 0 saturated carbocycles. The Balaban J connectivity index is 0. The molecule has 0 unspecified atom stereocenters. The van der Waals surface area contributed by atoms with Gasteiger partial charge in [-0.1, -0.05) is 124 Å². The highest BCUT2D eigenvalue weighted by Gasteiger charge is 1.89. The van der Waals surface area contributed by atoms with Crippen molar-refractivity contribution in [3.63, 3.8) is 0 Å². The number of hydrogen-bond acceptors (Lipinski definition) is 1. The van der Waals surface area contributed by atoms with E-state index in [1.807, 2.05) is 0 Å². The number of rotatable bonds is 16. The number of hydrogen-bond donors (Lipinski definition) is 1. The summed E-state index contributed by atoms with van der Waals surface area (Å²) in [4.78, 5) is 0. The highest BCUT2D eigenvalue weighted by molar-refractivity contribution is 4.46. The second-order valence-corrected chi connectivity index (χ2v) is 6.74. The lowest BCUT2D eigenvalue weighted by atomic mass is 10.1. The Morgan fingerprint density at radius 1 is 0.364 bits per heavy atom. The van der Waals surface area contributed by atoms with Crippen LogP contribution >= 0.6 is 0 Å². The summed E-state index contributed by atoms with van der Waals surface area (Å²) in [5.74, 6) is 0. The van der Waals surface area contributed by atoms with Gasteiger partial charge in [0.25, 0.3) is 0 Å². The minimum Gasteiger partial charge on any atom is -0.330 e. The first-order chi connectivity index (χ1) is 10.8. The SMILES string of the molecule is CCCCCCCCCCC.CCCCCCCCCCN. The summed E-state index contributed by atoms with van der Waals surface area (Å²) >= 11 is 0. The molecule has 0 heterocycles. The van der Waals surface area contributed by atoms with Gasteiger partial charge in [0.15, 0.2) is 0 Å². The molecule has 0 aliphatic rings. The van der Waals surface area contributed by atoms with Crippen molar-refractivity contribution in [2.24, 2.45) is 5.73 Å². The van der Waals surface area contributed by atoms with E-state index in [0.29, 0.717) is 0 Å². The van der Waals surface area contributed by atoms with E-state index in [1.165, 1.54) is 109 Å². The molecule has 0 atom stereocenters. The maximum atomic E-state index is 5.39. The van der Waals surface area contributed by atoms with E-state index in [0.717, 1.165) is 6.54 Å². The van der Waals surface area contributed by atoms with Crippen LogP contribution in [-0.4, -0.2) is 6.54 Å². The van der Waals surface area contributed by atoms with Gasteiger partial charge in [0.05, 0.1) is 0 Å². The van der Waals surface area contributed by atoms with E-state index in [9.17, 15) is 0 Å². The molecule has 0 fully saturated rings. The van der Waals surface area contributed by atoms with E-state index >= 15 is 0 Å². The Morgan fingerprint density at radius 3 is 0.818 bits per heavy atom. The maximum absolute atomic E-state index is 5.39. The largest absolute Gasteiger partial charge is 0.330 e. The summed E-state index contributed by atoms with van der Waals surface area (Å²) in [6.45, 7) is 7.68. The summed E-state index contributed by atoms with van der Waals surface area (Å²) in [7, 11) is 0. The van der Waals surface area contributed by atoms with Crippen molar-refractivity contribution in [2.45, 2.75) is 130 Å². The summed E-state index contributed by atoms with van der Waals surface area (Å²) in [5, 5.41) is 0. The lowest BCUT2D eigenvalue weighted by Crippen LogP contribution is -1.97. The van der Waals surface area contributed by atoms with E-state index in [2.05, 4.69) is 20.8 Å². The van der Waals surface area contributed by atoms with Crippen LogP contribution in [-0.2, 0) is 0 Å². The van der Waals surface area contributed by atoms with Gasteiger partial charge in [0.1, 0.15) is 0 Å². The smallest absolute Gasteiger partial charge is 0.00773 e. The third kappa shape index (κ3) is 28.2. The van der Waals surface area contributed by atoms with Crippen molar-refractivity contribution < 1.29 is 0 Å². The molecule has 22 heavy (non-hydrogen) atoms. The maximum Gasteiger partial charge on any atom is -0.00773 e. The van der Waals surface area contributed by atoms with Crippen LogP contribution in [0, 0.1) is 0 Å². The Bertz CT molecular complexity index is 122. The molecule has 1 nitrogen and oxygen atoms in total. The number of nitrogens with two attached hydrogens (primary N) is 1.